The van der Waals surface area contributed by atoms with Crippen LogP contribution in [0, 0.1) is 6.92 Å². The Morgan fingerprint density at radius 3 is 2.62 bits per heavy atom. The van der Waals surface area contributed by atoms with Crippen molar-refractivity contribution in [2.75, 3.05) is 5.88 Å². The van der Waals surface area contributed by atoms with Crippen molar-refractivity contribution in [3.63, 3.8) is 0 Å². The molecule has 0 aliphatic rings. The average molecular weight is 345 g/mol. The van der Waals surface area contributed by atoms with Gasteiger partial charge in [-0.2, -0.15) is 0 Å². The van der Waals surface area contributed by atoms with Crippen molar-refractivity contribution < 1.29 is 4.52 Å². The summed E-state index contributed by atoms with van der Waals surface area (Å²) < 4.78 is 7.31. The Balaban J connectivity index is 2.12. The maximum Gasteiger partial charge on any atom is 0.156 e. The highest BCUT2D eigenvalue weighted by atomic mass is 35.5. The lowest BCUT2D eigenvalue weighted by molar-refractivity contribution is 0.373. The van der Waals surface area contributed by atoms with Gasteiger partial charge >= 0.3 is 0 Å². The van der Waals surface area contributed by atoms with E-state index >= 15 is 0 Å². The molecule has 1 aromatic carbocycles. The summed E-state index contributed by atoms with van der Waals surface area (Å²) in [7, 11) is 0. The fourth-order valence-electron chi connectivity index (χ4n) is 2.27. The molecule has 110 valence electrons. The smallest absolute Gasteiger partial charge is 0.156 e. The zero-order chi connectivity index (χ0) is 15.0. The number of hydrogen-bond donors (Lipinski definition) is 0. The first-order valence-corrected chi connectivity index (χ1v) is 7.70. The minimum atomic E-state index is 0.486. The van der Waals surface area contributed by atoms with E-state index in [0.29, 0.717) is 28.9 Å². The predicted molar refractivity (Wildman–Crippen MR) is 84.5 cm³/mol. The van der Waals surface area contributed by atoms with Crippen LogP contribution in [0.5, 0.6) is 0 Å². The van der Waals surface area contributed by atoms with Crippen molar-refractivity contribution in [2.45, 2.75) is 19.9 Å². The van der Waals surface area contributed by atoms with Crippen LogP contribution in [0.15, 0.2) is 22.7 Å². The first-order valence-electron chi connectivity index (χ1n) is 6.41. The first-order chi connectivity index (χ1) is 10.1. The summed E-state index contributed by atoms with van der Waals surface area (Å²) in [5.74, 6) is 2.11. The van der Waals surface area contributed by atoms with Crippen LogP contribution in [0.25, 0.3) is 11.0 Å². The molecule has 0 aliphatic heterocycles. The van der Waals surface area contributed by atoms with Crippen LogP contribution in [-0.4, -0.2) is 20.6 Å². The second-order valence-corrected chi connectivity index (χ2v) is 5.94. The maximum absolute atomic E-state index is 6.12. The average Bonchev–Trinajstić information content (AvgIpc) is 2.97. The molecule has 0 bridgehead atoms. The summed E-state index contributed by atoms with van der Waals surface area (Å²) in [6, 6.07) is 5.47. The molecule has 0 radical (unpaired) electrons. The predicted octanol–water partition coefficient (Wildman–Crippen LogP) is 4.47. The number of nitrogens with zero attached hydrogens (tertiary/aromatic N) is 3. The van der Waals surface area contributed by atoms with Crippen LogP contribution >= 0.6 is 34.8 Å². The fraction of sp³-hybridized carbons (Fsp3) is 0.286. The third-order valence-electron chi connectivity index (χ3n) is 3.18. The minimum absolute atomic E-state index is 0.486. The highest BCUT2D eigenvalue weighted by Gasteiger charge is 2.14. The molecule has 4 nitrogen and oxygen atoms in total. The van der Waals surface area contributed by atoms with Crippen molar-refractivity contribution in [3.8, 4) is 0 Å². The molecule has 3 aromatic rings. The standard InChI is InChI=1S/C14H12Cl3N3O/c1-8-4-9(21-19-8)7-20-13-6-11(17)10(16)5-12(13)18-14(20)2-3-15/h4-6H,2-3,7H2,1H3. The summed E-state index contributed by atoms with van der Waals surface area (Å²) in [5, 5.41) is 4.89. The molecule has 2 heterocycles. The zero-order valence-corrected chi connectivity index (χ0v) is 13.5. The van der Waals surface area contributed by atoms with E-state index in [4.69, 9.17) is 39.3 Å². The number of rotatable bonds is 4. The first kappa shape index (κ1) is 14.7. The highest BCUT2D eigenvalue weighted by Crippen LogP contribution is 2.29. The number of aryl methyl sites for hydroxylation is 2. The number of hydrogen-bond acceptors (Lipinski definition) is 3. The molecule has 0 unspecified atom stereocenters. The van der Waals surface area contributed by atoms with Gasteiger partial charge in [-0.1, -0.05) is 28.4 Å². The van der Waals surface area contributed by atoms with Crippen molar-refractivity contribution in [1.29, 1.82) is 0 Å². The van der Waals surface area contributed by atoms with Gasteiger partial charge in [-0.3, -0.25) is 0 Å². The van der Waals surface area contributed by atoms with E-state index in [1.54, 1.807) is 6.07 Å². The van der Waals surface area contributed by atoms with Gasteiger partial charge in [0.1, 0.15) is 5.82 Å². The number of alkyl halides is 1. The molecule has 0 saturated carbocycles. The van der Waals surface area contributed by atoms with Crippen LogP contribution in [0.1, 0.15) is 17.3 Å². The van der Waals surface area contributed by atoms with Crippen LogP contribution in [0.4, 0.5) is 0 Å². The van der Waals surface area contributed by atoms with Gasteiger partial charge < -0.3 is 9.09 Å². The maximum atomic E-state index is 6.12. The molecular formula is C14H12Cl3N3O. The van der Waals surface area contributed by atoms with Gasteiger partial charge in [-0.15, -0.1) is 11.6 Å². The number of benzene rings is 1. The number of halogens is 3. The lowest BCUT2D eigenvalue weighted by Gasteiger charge is -2.06. The Hall–Kier alpha value is -1.23. The molecular weight excluding hydrogens is 333 g/mol. The lowest BCUT2D eigenvalue weighted by Crippen LogP contribution is -2.05. The molecule has 0 fully saturated rings. The van der Waals surface area contributed by atoms with E-state index in [1.165, 1.54) is 0 Å². The summed E-state index contributed by atoms with van der Waals surface area (Å²) in [6.45, 7) is 2.41. The van der Waals surface area contributed by atoms with Gasteiger partial charge in [0.2, 0.25) is 0 Å². The van der Waals surface area contributed by atoms with E-state index < -0.39 is 0 Å². The van der Waals surface area contributed by atoms with E-state index in [2.05, 4.69) is 10.1 Å². The Morgan fingerprint density at radius 2 is 1.95 bits per heavy atom. The Bertz CT molecular complexity index is 794. The molecule has 3 rings (SSSR count). The Morgan fingerprint density at radius 1 is 1.19 bits per heavy atom. The summed E-state index contributed by atoms with van der Waals surface area (Å²) in [5.41, 5.74) is 2.54. The SMILES string of the molecule is Cc1cc(Cn2c(CCCl)nc3cc(Cl)c(Cl)cc32)on1. The number of fused-ring (bicyclic) bond motifs is 1. The normalized spacial score (nSPS) is 11.4. The van der Waals surface area contributed by atoms with Crippen molar-refractivity contribution in [1.82, 2.24) is 14.7 Å². The molecule has 0 N–H and O–H groups in total. The molecule has 21 heavy (non-hydrogen) atoms. The third kappa shape index (κ3) is 2.89. The minimum Gasteiger partial charge on any atom is -0.359 e. The van der Waals surface area contributed by atoms with Gasteiger partial charge in [-0.25, -0.2) is 4.98 Å². The van der Waals surface area contributed by atoms with Crippen LogP contribution < -0.4 is 0 Å². The van der Waals surface area contributed by atoms with Gasteiger partial charge in [0.15, 0.2) is 5.76 Å². The Labute approximate surface area is 136 Å². The second-order valence-electron chi connectivity index (χ2n) is 4.74. The van der Waals surface area contributed by atoms with Crippen LogP contribution in [-0.2, 0) is 13.0 Å². The molecule has 7 heteroatoms. The quantitative estimate of drug-likeness (QED) is 0.656. The molecule has 0 atom stereocenters. The van der Waals surface area contributed by atoms with Crippen molar-refractivity contribution in [3.05, 3.63) is 45.5 Å². The van der Waals surface area contributed by atoms with Crippen LogP contribution in [0.2, 0.25) is 10.0 Å². The largest absolute Gasteiger partial charge is 0.359 e. The second kappa shape index (κ2) is 5.87. The summed E-state index contributed by atoms with van der Waals surface area (Å²) >= 11 is 18.0. The molecule has 0 spiro atoms. The van der Waals surface area contributed by atoms with Gasteiger partial charge in [0.25, 0.3) is 0 Å². The van der Waals surface area contributed by atoms with E-state index in [0.717, 1.165) is 28.3 Å². The monoisotopic (exact) mass is 343 g/mol. The van der Waals surface area contributed by atoms with Gasteiger partial charge in [0, 0.05) is 18.4 Å². The summed E-state index contributed by atoms with van der Waals surface area (Å²) in [4.78, 5) is 4.58. The number of aromatic nitrogens is 3. The zero-order valence-electron chi connectivity index (χ0n) is 11.2. The van der Waals surface area contributed by atoms with Crippen LogP contribution in [0.3, 0.4) is 0 Å². The Kier molecular flexibility index (Phi) is 4.11. The third-order valence-corrected chi connectivity index (χ3v) is 4.09. The molecule has 0 amide bonds. The van der Waals surface area contributed by atoms with E-state index in [1.807, 2.05) is 23.6 Å². The van der Waals surface area contributed by atoms with E-state index in [-0.39, 0.29) is 0 Å². The number of imidazole rings is 1. The van der Waals surface area contributed by atoms with Gasteiger partial charge in [0.05, 0.1) is 33.3 Å². The van der Waals surface area contributed by atoms with Crippen molar-refractivity contribution in [2.24, 2.45) is 0 Å². The molecule has 0 aliphatic carbocycles. The lowest BCUT2D eigenvalue weighted by atomic mass is 10.3. The fourth-order valence-corrected chi connectivity index (χ4v) is 2.75. The van der Waals surface area contributed by atoms with Gasteiger partial charge in [-0.05, 0) is 19.1 Å². The van der Waals surface area contributed by atoms with Crippen molar-refractivity contribution >= 4 is 45.8 Å². The topological polar surface area (TPSA) is 43.9 Å². The molecule has 2 aromatic heterocycles. The van der Waals surface area contributed by atoms with E-state index in [9.17, 15) is 0 Å². The highest BCUT2D eigenvalue weighted by molar-refractivity contribution is 6.42. The molecule has 0 saturated heterocycles. The summed E-state index contributed by atoms with van der Waals surface area (Å²) in [6.07, 6.45) is 0.651.